The SMILES string of the molecule is COc1ccc(NC(=O)[C@@H]2O[C@H]3OC(C)(C)O[C@@H]3[C@H]3OC(C)(C)O[C@H]32)cc1Cl. The normalized spacial score (nSPS) is 35.1. The van der Waals surface area contributed by atoms with Gasteiger partial charge in [0.2, 0.25) is 0 Å². The molecule has 154 valence electrons. The van der Waals surface area contributed by atoms with Gasteiger partial charge in [-0.15, -0.1) is 0 Å². The Morgan fingerprint density at radius 3 is 2.36 bits per heavy atom. The molecular weight excluding hydrogens is 390 g/mol. The van der Waals surface area contributed by atoms with Crippen LogP contribution in [0.3, 0.4) is 0 Å². The average molecular weight is 414 g/mol. The lowest BCUT2D eigenvalue weighted by molar-refractivity contribution is -0.229. The van der Waals surface area contributed by atoms with Crippen LogP contribution in [0.4, 0.5) is 5.69 Å². The van der Waals surface area contributed by atoms with Crippen LogP contribution in [0.15, 0.2) is 18.2 Å². The number of hydrogen-bond acceptors (Lipinski definition) is 7. The summed E-state index contributed by atoms with van der Waals surface area (Å²) in [5, 5.41) is 3.20. The molecule has 4 rings (SSSR count). The molecule has 3 aliphatic rings. The number of benzene rings is 1. The van der Waals surface area contributed by atoms with Crippen LogP contribution in [0.2, 0.25) is 5.02 Å². The number of ether oxygens (including phenoxy) is 6. The molecule has 1 aromatic rings. The van der Waals surface area contributed by atoms with E-state index in [1.807, 2.05) is 0 Å². The van der Waals surface area contributed by atoms with Crippen molar-refractivity contribution < 1.29 is 33.2 Å². The fourth-order valence-corrected chi connectivity index (χ4v) is 4.04. The van der Waals surface area contributed by atoms with E-state index in [0.717, 1.165) is 0 Å². The van der Waals surface area contributed by atoms with Crippen molar-refractivity contribution in [3.8, 4) is 5.75 Å². The van der Waals surface area contributed by atoms with Crippen molar-refractivity contribution in [3.05, 3.63) is 23.2 Å². The van der Waals surface area contributed by atoms with E-state index in [2.05, 4.69) is 5.32 Å². The predicted octanol–water partition coefficient (Wildman–Crippen LogP) is 2.68. The average Bonchev–Trinajstić information content (AvgIpc) is 3.08. The molecule has 1 aromatic carbocycles. The van der Waals surface area contributed by atoms with E-state index in [9.17, 15) is 4.79 Å². The Kier molecular flexibility index (Phi) is 4.85. The highest BCUT2D eigenvalue weighted by Gasteiger charge is 2.62. The van der Waals surface area contributed by atoms with Gasteiger partial charge < -0.3 is 33.7 Å². The van der Waals surface area contributed by atoms with Crippen LogP contribution in [0.5, 0.6) is 5.75 Å². The second kappa shape index (κ2) is 6.83. The molecule has 0 spiro atoms. The molecule has 0 aliphatic carbocycles. The molecule has 0 radical (unpaired) electrons. The van der Waals surface area contributed by atoms with Crippen LogP contribution in [-0.2, 0) is 28.5 Å². The van der Waals surface area contributed by atoms with E-state index in [4.69, 9.17) is 40.0 Å². The molecule has 0 saturated carbocycles. The molecule has 0 bridgehead atoms. The molecular formula is C19H24ClNO7. The Labute approximate surface area is 168 Å². The van der Waals surface area contributed by atoms with Crippen molar-refractivity contribution >= 4 is 23.2 Å². The number of rotatable bonds is 3. The van der Waals surface area contributed by atoms with Gasteiger partial charge in [-0.05, 0) is 45.9 Å². The molecule has 3 heterocycles. The molecule has 1 amide bonds. The van der Waals surface area contributed by atoms with Crippen LogP contribution >= 0.6 is 11.6 Å². The molecule has 8 nitrogen and oxygen atoms in total. The lowest BCUT2D eigenvalue weighted by Crippen LogP contribution is -2.58. The number of nitrogens with one attached hydrogen (secondary N) is 1. The highest BCUT2D eigenvalue weighted by Crippen LogP contribution is 2.44. The largest absolute Gasteiger partial charge is 0.495 e. The predicted molar refractivity (Wildman–Crippen MR) is 99.2 cm³/mol. The topological polar surface area (TPSA) is 84.5 Å². The van der Waals surface area contributed by atoms with E-state index in [1.54, 1.807) is 45.9 Å². The molecule has 0 aromatic heterocycles. The number of hydrogen-bond donors (Lipinski definition) is 1. The van der Waals surface area contributed by atoms with Crippen molar-refractivity contribution in [2.45, 2.75) is 70.0 Å². The summed E-state index contributed by atoms with van der Waals surface area (Å²) in [5.41, 5.74) is 0.514. The quantitative estimate of drug-likeness (QED) is 0.815. The summed E-state index contributed by atoms with van der Waals surface area (Å²) in [6, 6.07) is 4.98. The van der Waals surface area contributed by atoms with Gasteiger partial charge in [-0.2, -0.15) is 0 Å². The maximum absolute atomic E-state index is 13.0. The number of carbonyl (C=O) groups excluding carboxylic acids is 1. The van der Waals surface area contributed by atoms with Gasteiger partial charge >= 0.3 is 0 Å². The first-order chi connectivity index (χ1) is 13.1. The fraction of sp³-hybridized carbons (Fsp3) is 0.632. The smallest absolute Gasteiger partial charge is 0.256 e. The van der Waals surface area contributed by atoms with Crippen molar-refractivity contribution in [2.24, 2.45) is 0 Å². The fourth-order valence-electron chi connectivity index (χ4n) is 3.78. The third kappa shape index (κ3) is 3.60. The Morgan fingerprint density at radius 1 is 1.04 bits per heavy atom. The summed E-state index contributed by atoms with van der Waals surface area (Å²) in [5.74, 6) is -1.58. The van der Waals surface area contributed by atoms with Crippen molar-refractivity contribution in [1.82, 2.24) is 0 Å². The van der Waals surface area contributed by atoms with Crippen LogP contribution in [0, 0.1) is 0 Å². The maximum Gasteiger partial charge on any atom is 0.256 e. The summed E-state index contributed by atoms with van der Waals surface area (Å²) in [4.78, 5) is 13.0. The Bertz CT molecular complexity index is 784. The Morgan fingerprint density at radius 2 is 1.68 bits per heavy atom. The monoisotopic (exact) mass is 413 g/mol. The lowest BCUT2D eigenvalue weighted by atomic mass is 9.98. The molecule has 0 unspecified atom stereocenters. The number of carbonyl (C=O) groups is 1. The van der Waals surface area contributed by atoms with Gasteiger partial charge in [0, 0.05) is 5.69 Å². The molecule has 5 atom stereocenters. The Balaban J connectivity index is 1.56. The maximum atomic E-state index is 13.0. The first-order valence-electron chi connectivity index (χ1n) is 9.10. The van der Waals surface area contributed by atoms with Gasteiger partial charge in [0.25, 0.3) is 5.91 Å². The molecule has 3 fully saturated rings. The third-order valence-electron chi connectivity index (χ3n) is 4.83. The van der Waals surface area contributed by atoms with Crippen LogP contribution < -0.4 is 10.1 Å². The zero-order chi connectivity index (χ0) is 20.3. The highest BCUT2D eigenvalue weighted by molar-refractivity contribution is 6.32. The third-order valence-corrected chi connectivity index (χ3v) is 5.13. The molecule has 3 saturated heterocycles. The zero-order valence-electron chi connectivity index (χ0n) is 16.4. The van der Waals surface area contributed by atoms with E-state index in [0.29, 0.717) is 16.5 Å². The van der Waals surface area contributed by atoms with E-state index < -0.39 is 42.3 Å². The molecule has 3 aliphatic heterocycles. The minimum Gasteiger partial charge on any atom is -0.495 e. The molecule has 28 heavy (non-hydrogen) atoms. The molecule has 1 N–H and O–H groups in total. The van der Waals surface area contributed by atoms with Gasteiger partial charge in [0.15, 0.2) is 24.0 Å². The van der Waals surface area contributed by atoms with Crippen molar-refractivity contribution in [3.63, 3.8) is 0 Å². The minimum absolute atomic E-state index is 0.385. The lowest BCUT2D eigenvalue weighted by Gasteiger charge is -2.36. The summed E-state index contributed by atoms with van der Waals surface area (Å²) >= 11 is 6.14. The van der Waals surface area contributed by atoms with Gasteiger partial charge in [-0.1, -0.05) is 11.6 Å². The second-order valence-electron chi connectivity index (χ2n) is 7.93. The van der Waals surface area contributed by atoms with Gasteiger partial charge in [0.1, 0.15) is 24.1 Å². The summed E-state index contributed by atoms with van der Waals surface area (Å²) in [6.45, 7) is 7.16. The highest BCUT2D eigenvalue weighted by atomic mass is 35.5. The first kappa shape index (κ1) is 19.9. The van der Waals surface area contributed by atoms with E-state index in [-0.39, 0.29) is 5.91 Å². The second-order valence-corrected chi connectivity index (χ2v) is 8.34. The van der Waals surface area contributed by atoms with Crippen LogP contribution in [0.1, 0.15) is 27.7 Å². The number of methoxy groups -OCH3 is 1. The van der Waals surface area contributed by atoms with E-state index >= 15 is 0 Å². The Hall–Kier alpha value is -1.42. The first-order valence-corrected chi connectivity index (χ1v) is 9.47. The van der Waals surface area contributed by atoms with Crippen LogP contribution in [-0.4, -0.2) is 55.3 Å². The zero-order valence-corrected chi connectivity index (χ0v) is 17.1. The molecule has 9 heteroatoms. The van der Waals surface area contributed by atoms with Gasteiger partial charge in [-0.25, -0.2) is 0 Å². The summed E-state index contributed by atoms with van der Waals surface area (Å²) in [7, 11) is 1.52. The number of anilines is 1. The number of fused-ring (bicyclic) bond motifs is 3. The number of amides is 1. The summed E-state index contributed by atoms with van der Waals surface area (Å²) < 4.78 is 34.8. The van der Waals surface area contributed by atoms with Crippen molar-refractivity contribution in [1.29, 1.82) is 0 Å². The summed E-state index contributed by atoms with van der Waals surface area (Å²) in [6.07, 6.45) is -3.29. The standard InChI is InChI=1S/C19H24ClNO7/c1-18(2)25-12-13(26-18)15-17(28-19(3,4)27-15)24-14(12)16(22)21-9-6-7-11(23-5)10(20)8-9/h6-8,12-15,17H,1-5H3,(H,21,22)/t12-,13+,14-,15-,17+/m1/s1. The van der Waals surface area contributed by atoms with E-state index in [1.165, 1.54) is 7.11 Å². The van der Waals surface area contributed by atoms with Crippen molar-refractivity contribution in [2.75, 3.05) is 12.4 Å². The number of halogens is 1. The van der Waals surface area contributed by atoms with Gasteiger partial charge in [0.05, 0.1) is 12.1 Å². The van der Waals surface area contributed by atoms with Crippen LogP contribution in [0.25, 0.3) is 0 Å². The minimum atomic E-state index is -0.939. The van der Waals surface area contributed by atoms with Gasteiger partial charge in [-0.3, -0.25) is 4.79 Å².